The van der Waals surface area contributed by atoms with Gasteiger partial charge in [-0.05, 0) is 54.8 Å². The van der Waals surface area contributed by atoms with Crippen LogP contribution in [0.5, 0.6) is 5.75 Å². The molecule has 2 atom stereocenters. The molecule has 0 radical (unpaired) electrons. The molecular formula is C26H28N4O2. The van der Waals surface area contributed by atoms with E-state index in [1.165, 1.54) is 11.1 Å². The second kappa shape index (κ2) is 8.19. The van der Waals surface area contributed by atoms with E-state index < -0.39 is 0 Å². The van der Waals surface area contributed by atoms with Gasteiger partial charge in [-0.15, -0.1) is 0 Å². The van der Waals surface area contributed by atoms with Gasteiger partial charge in [-0.25, -0.2) is 4.68 Å². The Bertz CT molecular complexity index is 1240. The van der Waals surface area contributed by atoms with E-state index in [4.69, 9.17) is 4.74 Å². The van der Waals surface area contributed by atoms with Crippen LogP contribution in [0.2, 0.25) is 0 Å². The summed E-state index contributed by atoms with van der Waals surface area (Å²) in [6.45, 7) is 7.23. The number of carbonyl (C=O) groups is 1. The smallest absolute Gasteiger partial charge is 0.219 e. The van der Waals surface area contributed by atoms with Crippen molar-refractivity contribution in [1.82, 2.24) is 19.7 Å². The van der Waals surface area contributed by atoms with Crippen molar-refractivity contribution in [1.29, 1.82) is 0 Å². The molecule has 0 aliphatic carbocycles. The van der Waals surface area contributed by atoms with Gasteiger partial charge >= 0.3 is 0 Å². The summed E-state index contributed by atoms with van der Waals surface area (Å²) in [6.07, 6.45) is 6.45. The zero-order valence-electron chi connectivity index (χ0n) is 18.7. The van der Waals surface area contributed by atoms with E-state index in [2.05, 4.69) is 60.3 Å². The number of rotatable bonds is 4. The van der Waals surface area contributed by atoms with E-state index in [1.807, 2.05) is 28.0 Å². The lowest BCUT2D eigenvalue weighted by Crippen LogP contribution is -2.46. The van der Waals surface area contributed by atoms with Crippen LogP contribution in [0.4, 0.5) is 0 Å². The molecule has 1 saturated heterocycles. The number of amides is 1. The molecule has 6 nitrogen and oxygen atoms in total. The average molecular weight is 429 g/mol. The fourth-order valence-corrected chi connectivity index (χ4v) is 4.84. The number of carbonyl (C=O) groups excluding carboxylic acids is 1. The SMILES string of the molecule is CC(=O)N1CC[C@@H](Oc2c(C)cc(C)c3[nH]ccc23)[C@H](c2ccc(-n3cccn3)cc2)C1. The topological polar surface area (TPSA) is 63.1 Å². The van der Waals surface area contributed by atoms with Gasteiger partial charge in [0.25, 0.3) is 0 Å². The molecule has 1 fully saturated rings. The van der Waals surface area contributed by atoms with Crippen LogP contribution in [0.1, 0.15) is 36.0 Å². The van der Waals surface area contributed by atoms with Gasteiger partial charge < -0.3 is 14.6 Å². The average Bonchev–Trinajstić information content (AvgIpc) is 3.49. The quantitative estimate of drug-likeness (QED) is 0.510. The first kappa shape index (κ1) is 20.4. The molecule has 4 aromatic rings. The van der Waals surface area contributed by atoms with Crippen LogP contribution in [0.25, 0.3) is 16.6 Å². The van der Waals surface area contributed by atoms with E-state index >= 15 is 0 Å². The van der Waals surface area contributed by atoms with E-state index in [0.717, 1.165) is 34.3 Å². The second-order valence-corrected chi connectivity index (χ2v) is 8.66. The molecule has 32 heavy (non-hydrogen) atoms. The highest BCUT2D eigenvalue weighted by Crippen LogP contribution is 2.37. The minimum absolute atomic E-state index is 0.0133. The number of hydrogen-bond acceptors (Lipinski definition) is 3. The molecular weight excluding hydrogens is 400 g/mol. The number of aromatic amines is 1. The highest BCUT2D eigenvalue weighted by atomic mass is 16.5. The third-order valence-corrected chi connectivity index (χ3v) is 6.53. The van der Waals surface area contributed by atoms with Crippen molar-refractivity contribution < 1.29 is 9.53 Å². The summed E-state index contributed by atoms with van der Waals surface area (Å²) in [5.74, 6) is 1.14. The van der Waals surface area contributed by atoms with Crippen LogP contribution in [0.15, 0.2) is 61.1 Å². The highest BCUT2D eigenvalue weighted by molar-refractivity contribution is 5.89. The summed E-state index contributed by atoms with van der Waals surface area (Å²) >= 11 is 0. The summed E-state index contributed by atoms with van der Waals surface area (Å²) in [7, 11) is 0. The first-order valence-electron chi connectivity index (χ1n) is 11.1. The van der Waals surface area contributed by atoms with Crippen molar-refractivity contribution in [2.75, 3.05) is 13.1 Å². The number of ether oxygens (including phenoxy) is 1. The van der Waals surface area contributed by atoms with Gasteiger partial charge in [-0.3, -0.25) is 4.79 Å². The number of benzene rings is 2. The Morgan fingerprint density at radius 3 is 2.69 bits per heavy atom. The Kier molecular flexibility index (Phi) is 5.21. The molecule has 1 aliphatic rings. The summed E-state index contributed by atoms with van der Waals surface area (Å²) < 4.78 is 8.58. The summed E-state index contributed by atoms with van der Waals surface area (Å²) in [6, 6.07) is 14.6. The molecule has 5 rings (SSSR count). The summed E-state index contributed by atoms with van der Waals surface area (Å²) in [4.78, 5) is 17.4. The lowest BCUT2D eigenvalue weighted by Gasteiger charge is -2.39. The third-order valence-electron chi connectivity index (χ3n) is 6.53. The molecule has 1 amide bonds. The van der Waals surface area contributed by atoms with E-state index in [1.54, 1.807) is 13.1 Å². The standard InChI is InChI=1S/C26H28N4O2/c1-17-15-18(2)26(22-9-12-27-25(17)22)32-24-10-14-29(19(3)31)16-23(24)20-5-7-21(8-6-20)30-13-4-11-28-30/h4-9,11-13,15,23-24,27H,10,14,16H2,1-3H3/t23-,24+/m0/s1. The van der Waals surface area contributed by atoms with Crippen molar-refractivity contribution in [3.8, 4) is 11.4 Å². The predicted molar refractivity (Wildman–Crippen MR) is 125 cm³/mol. The molecule has 0 unspecified atom stereocenters. The number of H-pyrrole nitrogens is 1. The lowest BCUT2D eigenvalue weighted by atomic mass is 9.87. The van der Waals surface area contributed by atoms with Gasteiger partial charge in [-0.1, -0.05) is 18.2 Å². The molecule has 164 valence electrons. The molecule has 0 saturated carbocycles. The van der Waals surface area contributed by atoms with Gasteiger partial charge in [0, 0.05) is 56.3 Å². The number of likely N-dealkylation sites (tertiary alicyclic amines) is 1. The second-order valence-electron chi connectivity index (χ2n) is 8.66. The zero-order chi connectivity index (χ0) is 22.2. The van der Waals surface area contributed by atoms with Gasteiger partial charge in [0.15, 0.2) is 0 Å². The lowest BCUT2D eigenvalue weighted by molar-refractivity contribution is -0.131. The maximum Gasteiger partial charge on any atom is 0.219 e. The van der Waals surface area contributed by atoms with E-state index in [9.17, 15) is 4.79 Å². The van der Waals surface area contributed by atoms with Crippen LogP contribution in [0.3, 0.4) is 0 Å². The van der Waals surface area contributed by atoms with Crippen molar-refractivity contribution in [2.45, 2.75) is 39.2 Å². The highest BCUT2D eigenvalue weighted by Gasteiger charge is 2.34. The first-order chi connectivity index (χ1) is 15.5. The normalized spacial score (nSPS) is 18.8. The summed E-state index contributed by atoms with van der Waals surface area (Å²) in [5, 5.41) is 5.43. The van der Waals surface area contributed by atoms with E-state index in [-0.39, 0.29) is 17.9 Å². The molecule has 0 spiro atoms. The number of fused-ring (bicyclic) bond motifs is 1. The Morgan fingerprint density at radius 2 is 1.97 bits per heavy atom. The summed E-state index contributed by atoms with van der Waals surface area (Å²) in [5.41, 5.74) is 5.65. The molecule has 1 N–H and O–H groups in total. The van der Waals surface area contributed by atoms with Crippen LogP contribution in [0, 0.1) is 13.8 Å². The number of hydrogen-bond donors (Lipinski definition) is 1. The Labute approximate surface area is 187 Å². The zero-order valence-corrected chi connectivity index (χ0v) is 18.7. The number of aromatic nitrogens is 3. The molecule has 1 aliphatic heterocycles. The number of nitrogens with one attached hydrogen (secondary N) is 1. The van der Waals surface area contributed by atoms with Crippen molar-refractivity contribution in [3.05, 3.63) is 77.7 Å². The maximum absolute atomic E-state index is 12.2. The Morgan fingerprint density at radius 1 is 1.16 bits per heavy atom. The van der Waals surface area contributed by atoms with E-state index in [0.29, 0.717) is 13.1 Å². The largest absolute Gasteiger partial charge is 0.489 e. The fraction of sp³-hybridized carbons (Fsp3) is 0.308. The minimum Gasteiger partial charge on any atom is -0.489 e. The monoisotopic (exact) mass is 428 g/mol. The molecule has 2 aromatic carbocycles. The van der Waals surface area contributed by atoms with Crippen LogP contribution in [-0.4, -0.2) is 44.8 Å². The minimum atomic E-state index is -0.0133. The molecule has 3 heterocycles. The Hall–Kier alpha value is -3.54. The van der Waals surface area contributed by atoms with Crippen LogP contribution in [-0.2, 0) is 4.79 Å². The number of nitrogens with zero attached hydrogens (tertiary/aromatic N) is 3. The third kappa shape index (κ3) is 3.66. The molecule has 6 heteroatoms. The predicted octanol–water partition coefficient (Wildman–Crippen LogP) is 4.75. The van der Waals surface area contributed by atoms with Gasteiger partial charge in [0.05, 0.1) is 11.2 Å². The molecule has 0 bridgehead atoms. The molecule has 2 aromatic heterocycles. The van der Waals surface area contributed by atoms with Crippen molar-refractivity contribution in [2.24, 2.45) is 0 Å². The fourth-order valence-electron chi connectivity index (χ4n) is 4.84. The van der Waals surface area contributed by atoms with Gasteiger partial charge in [0.2, 0.25) is 5.91 Å². The van der Waals surface area contributed by atoms with Crippen molar-refractivity contribution >= 4 is 16.8 Å². The Balaban J connectivity index is 1.48. The maximum atomic E-state index is 12.2. The van der Waals surface area contributed by atoms with Crippen LogP contribution >= 0.6 is 0 Å². The number of piperidine rings is 1. The number of aryl methyl sites for hydroxylation is 2. The first-order valence-corrected chi connectivity index (χ1v) is 11.1. The van der Waals surface area contributed by atoms with Gasteiger partial charge in [0.1, 0.15) is 11.9 Å². The van der Waals surface area contributed by atoms with Crippen LogP contribution < -0.4 is 4.74 Å². The van der Waals surface area contributed by atoms with Gasteiger partial charge in [-0.2, -0.15) is 5.10 Å². The van der Waals surface area contributed by atoms with Crippen molar-refractivity contribution in [3.63, 3.8) is 0 Å².